The first-order valence-electron chi connectivity index (χ1n) is 7.63. The van der Waals surface area contributed by atoms with Crippen molar-refractivity contribution >= 4 is 16.6 Å². The molecule has 0 radical (unpaired) electrons. The monoisotopic (exact) mass is 296 g/mol. The van der Waals surface area contributed by atoms with Crippen molar-refractivity contribution in [2.45, 2.75) is 0 Å². The van der Waals surface area contributed by atoms with Gasteiger partial charge in [0.15, 0.2) is 0 Å². The van der Waals surface area contributed by atoms with E-state index >= 15 is 0 Å². The van der Waals surface area contributed by atoms with E-state index < -0.39 is 0 Å². The van der Waals surface area contributed by atoms with Crippen molar-refractivity contribution in [3.8, 4) is 22.4 Å². The van der Waals surface area contributed by atoms with Crippen LogP contribution in [0.4, 0.5) is 5.69 Å². The SMILES string of the molecule is Nc1c(-c2ccccc2)c(-c2ccccc2)nc2ccccc12. The number of nitrogens with zero attached hydrogens (tertiary/aromatic N) is 1. The molecule has 4 aromatic rings. The quantitative estimate of drug-likeness (QED) is 0.555. The van der Waals surface area contributed by atoms with Gasteiger partial charge in [-0.3, -0.25) is 0 Å². The minimum Gasteiger partial charge on any atom is -0.398 e. The Labute approximate surface area is 135 Å². The summed E-state index contributed by atoms with van der Waals surface area (Å²) in [7, 11) is 0. The van der Waals surface area contributed by atoms with Crippen LogP contribution in [-0.4, -0.2) is 4.98 Å². The van der Waals surface area contributed by atoms with Gasteiger partial charge in [-0.15, -0.1) is 0 Å². The molecular formula is C21H16N2. The second-order valence-electron chi connectivity index (χ2n) is 5.50. The highest BCUT2D eigenvalue weighted by Gasteiger charge is 2.15. The summed E-state index contributed by atoms with van der Waals surface area (Å²) in [5, 5.41) is 0.992. The van der Waals surface area contributed by atoms with E-state index in [4.69, 9.17) is 10.7 Å². The van der Waals surface area contributed by atoms with Crippen LogP contribution in [0.5, 0.6) is 0 Å². The van der Waals surface area contributed by atoms with Gasteiger partial charge in [-0.05, 0) is 11.6 Å². The van der Waals surface area contributed by atoms with Crippen molar-refractivity contribution in [2.24, 2.45) is 0 Å². The first-order chi connectivity index (χ1) is 11.3. The molecule has 1 heterocycles. The molecule has 2 N–H and O–H groups in total. The molecule has 0 unspecified atom stereocenters. The van der Waals surface area contributed by atoms with Crippen LogP contribution in [0.1, 0.15) is 0 Å². The average Bonchev–Trinajstić information content (AvgIpc) is 2.63. The van der Waals surface area contributed by atoms with Gasteiger partial charge in [0.05, 0.1) is 16.9 Å². The molecule has 110 valence electrons. The zero-order valence-electron chi connectivity index (χ0n) is 12.6. The van der Waals surface area contributed by atoms with Gasteiger partial charge in [-0.1, -0.05) is 78.9 Å². The van der Waals surface area contributed by atoms with E-state index in [1.165, 1.54) is 0 Å². The van der Waals surface area contributed by atoms with Crippen molar-refractivity contribution < 1.29 is 0 Å². The Kier molecular flexibility index (Phi) is 3.28. The number of rotatable bonds is 2. The summed E-state index contributed by atoms with van der Waals surface area (Å²) in [4.78, 5) is 4.90. The zero-order chi connectivity index (χ0) is 15.6. The highest BCUT2D eigenvalue weighted by molar-refractivity contribution is 6.03. The smallest absolute Gasteiger partial charge is 0.0808 e. The molecule has 0 amide bonds. The van der Waals surface area contributed by atoms with Gasteiger partial charge in [0.2, 0.25) is 0 Å². The van der Waals surface area contributed by atoms with E-state index in [0.29, 0.717) is 0 Å². The second kappa shape index (κ2) is 5.58. The van der Waals surface area contributed by atoms with E-state index in [9.17, 15) is 0 Å². The maximum absolute atomic E-state index is 6.55. The predicted octanol–water partition coefficient (Wildman–Crippen LogP) is 5.15. The summed E-state index contributed by atoms with van der Waals surface area (Å²) >= 11 is 0. The maximum atomic E-state index is 6.55. The third-order valence-electron chi connectivity index (χ3n) is 4.04. The molecule has 0 bridgehead atoms. The molecule has 2 heteroatoms. The molecule has 0 aliphatic heterocycles. The molecule has 3 aromatic carbocycles. The van der Waals surface area contributed by atoms with Crippen LogP contribution in [0.25, 0.3) is 33.3 Å². The van der Waals surface area contributed by atoms with Crippen LogP contribution in [0.15, 0.2) is 84.9 Å². The van der Waals surface area contributed by atoms with Gasteiger partial charge in [0.1, 0.15) is 0 Å². The third kappa shape index (κ3) is 2.34. The molecule has 0 saturated heterocycles. The highest BCUT2D eigenvalue weighted by atomic mass is 14.7. The summed E-state index contributed by atoms with van der Waals surface area (Å²) < 4.78 is 0. The molecule has 23 heavy (non-hydrogen) atoms. The molecule has 0 atom stereocenters. The topological polar surface area (TPSA) is 38.9 Å². The Morgan fingerprint density at radius 3 is 1.87 bits per heavy atom. The second-order valence-corrected chi connectivity index (χ2v) is 5.50. The molecule has 0 fully saturated rings. The van der Waals surface area contributed by atoms with Gasteiger partial charge in [-0.25, -0.2) is 4.98 Å². The van der Waals surface area contributed by atoms with Crippen molar-refractivity contribution in [1.82, 2.24) is 4.98 Å². The van der Waals surface area contributed by atoms with Crippen LogP contribution >= 0.6 is 0 Å². The van der Waals surface area contributed by atoms with Crippen LogP contribution in [0.3, 0.4) is 0 Å². The molecule has 0 spiro atoms. The molecule has 4 rings (SSSR count). The van der Waals surface area contributed by atoms with Crippen LogP contribution in [0.2, 0.25) is 0 Å². The standard InChI is InChI=1S/C21H16N2/c22-20-17-13-7-8-14-18(17)23-21(16-11-5-2-6-12-16)19(20)15-9-3-1-4-10-15/h1-14H,(H2,22,23). The zero-order valence-corrected chi connectivity index (χ0v) is 12.6. The molecular weight excluding hydrogens is 280 g/mol. The first-order valence-corrected chi connectivity index (χ1v) is 7.63. The Morgan fingerprint density at radius 1 is 0.609 bits per heavy atom. The lowest BCUT2D eigenvalue weighted by molar-refractivity contribution is 1.39. The van der Waals surface area contributed by atoms with E-state index in [2.05, 4.69) is 24.3 Å². The predicted molar refractivity (Wildman–Crippen MR) is 97.0 cm³/mol. The number of fused-ring (bicyclic) bond motifs is 1. The van der Waals surface area contributed by atoms with Crippen LogP contribution < -0.4 is 5.73 Å². The van der Waals surface area contributed by atoms with Crippen LogP contribution in [0, 0.1) is 0 Å². The fourth-order valence-corrected chi connectivity index (χ4v) is 2.94. The number of anilines is 1. The fourth-order valence-electron chi connectivity index (χ4n) is 2.94. The highest BCUT2D eigenvalue weighted by Crippen LogP contribution is 2.38. The number of benzene rings is 3. The van der Waals surface area contributed by atoms with Gasteiger partial charge < -0.3 is 5.73 Å². The van der Waals surface area contributed by atoms with Crippen molar-refractivity contribution in [3.63, 3.8) is 0 Å². The van der Waals surface area contributed by atoms with E-state index in [1.807, 2.05) is 60.7 Å². The van der Waals surface area contributed by atoms with Gasteiger partial charge >= 0.3 is 0 Å². The molecule has 2 nitrogen and oxygen atoms in total. The van der Waals surface area contributed by atoms with Crippen molar-refractivity contribution in [2.75, 3.05) is 5.73 Å². The molecule has 1 aromatic heterocycles. The Balaban J connectivity index is 2.11. The Bertz CT molecular complexity index is 961. The number of hydrogen-bond acceptors (Lipinski definition) is 2. The summed E-state index contributed by atoms with van der Waals surface area (Å²) in [5.74, 6) is 0. The third-order valence-corrected chi connectivity index (χ3v) is 4.04. The Hall–Kier alpha value is -3.13. The van der Waals surface area contributed by atoms with E-state index in [0.717, 1.165) is 39.0 Å². The largest absolute Gasteiger partial charge is 0.398 e. The molecule has 0 aliphatic carbocycles. The number of nitrogen functional groups attached to an aromatic ring is 1. The lowest BCUT2D eigenvalue weighted by Gasteiger charge is -2.15. The number of pyridine rings is 1. The normalized spacial score (nSPS) is 10.8. The number of aromatic nitrogens is 1. The summed E-state index contributed by atoms with van der Waals surface area (Å²) in [5.41, 5.74) is 12.3. The molecule has 0 saturated carbocycles. The maximum Gasteiger partial charge on any atom is 0.0808 e. The van der Waals surface area contributed by atoms with Crippen molar-refractivity contribution in [3.05, 3.63) is 84.9 Å². The minimum atomic E-state index is 0.778. The average molecular weight is 296 g/mol. The number of hydrogen-bond donors (Lipinski definition) is 1. The van der Waals surface area contributed by atoms with E-state index in [1.54, 1.807) is 0 Å². The fraction of sp³-hybridized carbons (Fsp3) is 0. The summed E-state index contributed by atoms with van der Waals surface area (Å²) in [6, 6.07) is 28.4. The van der Waals surface area contributed by atoms with E-state index in [-0.39, 0.29) is 0 Å². The van der Waals surface area contributed by atoms with Gasteiger partial charge in [0, 0.05) is 16.5 Å². The number of nitrogens with two attached hydrogens (primary N) is 1. The Morgan fingerprint density at radius 2 is 1.17 bits per heavy atom. The lowest BCUT2D eigenvalue weighted by Crippen LogP contribution is -1.98. The first kappa shape index (κ1) is 13.5. The van der Waals surface area contributed by atoms with Gasteiger partial charge in [0.25, 0.3) is 0 Å². The minimum absolute atomic E-state index is 0.778. The number of para-hydroxylation sites is 1. The van der Waals surface area contributed by atoms with Crippen molar-refractivity contribution in [1.29, 1.82) is 0 Å². The van der Waals surface area contributed by atoms with Gasteiger partial charge in [-0.2, -0.15) is 0 Å². The summed E-state index contributed by atoms with van der Waals surface area (Å²) in [6.45, 7) is 0. The lowest BCUT2D eigenvalue weighted by atomic mass is 9.95. The molecule has 0 aliphatic rings. The van der Waals surface area contributed by atoms with Crippen LogP contribution in [-0.2, 0) is 0 Å². The summed E-state index contributed by atoms with van der Waals surface area (Å²) in [6.07, 6.45) is 0.